The van der Waals surface area contributed by atoms with E-state index in [-0.39, 0.29) is 21.2 Å². The lowest BCUT2D eigenvalue weighted by Gasteiger charge is -2.67. The van der Waals surface area contributed by atoms with Crippen LogP contribution in [0, 0.1) is 0 Å². The molecule has 3 aliphatic carbocycles. The van der Waals surface area contributed by atoms with Gasteiger partial charge in [0.2, 0.25) is 0 Å². The van der Waals surface area contributed by atoms with E-state index in [1.807, 2.05) is 13.8 Å². The Balaban J connectivity index is 1.83. The first-order valence-electron chi connectivity index (χ1n) is 7.66. The van der Waals surface area contributed by atoms with Crippen LogP contribution in [0.2, 0.25) is 0 Å². The number of rotatable bonds is 5. The van der Waals surface area contributed by atoms with E-state index in [1.165, 1.54) is 18.0 Å². The first kappa shape index (κ1) is 17.7. The normalized spacial score (nSPS) is 28.1. The Hall–Kier alpha value is -1.08. The van der Waals surface area contributed by atoms with E-state index in [2.05, 4.69) is 10.0 Å². The fourth-order valence-electron chi connectivity index (χ4n) is 3.28. The van der Waals surface area contributed by atoms with Gasteiger partial charge in [0, 0.05) is 10.8 Å². The van der Waals surface area contributed by atoms with E-state index in [0.29, 0.717) is 24.9 Å². The third kappa shape index (κ3) is 3.33. The maximum atomic E-state index is 13.0. The zero-order valence-corrected chi connectivity index (χ0v) is 14.8. The average Bonchev–Trinajstić information content (AvgIpc) is 2.40. The maximum Gasteiger partial charge on any atom is 0.416 e. The molecule has 24 heavy (non-hydrogen) atoms. The minimum atomic E-state index is -4.49. The predicted octanol–water partition coefficient (Wildman–Crippen LogP) is 4.82. The smallest absolute Gasteiger partial charge is 0.346 e. The molecule has 3 saturated carbocycles. The van der Waals surface area contributed by atoms with Crippen LogP contribution in [0.15, 0.2) is 18.2 Å². The van der Waals surface area contributed by atoms with Crippen molar-refractivity contribution in [3.63, 3.8) is 0 Å². The summed E-state index contributed by atoms with van der Waals surface area (Å²) in [4.78, 5) is 12.3. The third-order valence-electron chi connectivity index (χ3n) is 4.34. The van der Waals surface area contributed by atoms with E-state index in [4.69, 9.17) is 11.6 Å². The second-order valence-corrected chi connectivity index (χ2v) is 9.13. The van der Waals surface area contributed by atoms with E-state index in [9.17, 15) is 18.0 Å². The molecule has 0 spiro atoms. The molecule has 0 unspecified atom stereocenters. The molecule has 3 fully saturated rings. The molecule has 0 atom stereocenters. The summed E-state index contributed by atoms with van der Waals surface area (Å²) in [6.07, 6.45) is -2.46. The second kappa shape index (κ2) is 5.73. The van der Waals surface area contributed by atoms with Crippen molar-refractivity contribution in [2.45, 2.75) is 54.9 Å². The van der Waals surface area contributed by atoms with Gasteiger partial charge in [-0.05, 0) is 49.4 Å². The fourth-order valence-corrected chi connectivity index (χ4v) is 4.59. The molecule has 0 aromatic heterocycles. The van der Waals surface area contributed by atoms with Crippen LogP contribution in [-0.4, -0.2) is 21.6 Å². The van der Waals surface area contributed by atoms with Crippen LogP contribution in [0.4, 0.5) is 18.9 Å². The average molecular weight is 379 g/mol. The summed E-state index contributed by atoms with van der Waals surface area (Å²) in [6.45, 7) is 3.90. The number of hydrogen-bond donors (Lipinski definition) is 2. The summed E-state index contributed by atoms with van der Waals surface area (Å²) in [6, 6.07) is 3.19. The number of amides is 1. The van der Waals surface area contributed by atoms with E-state index in [1.54, 1.807) is 0 Å². The van der Waals surface area contributed by atoms with Gasteiger partial charge in [-0.3, -0.25) is 4.79 Å². The van der Waals surface area contributed by atoms with Crippen LogP contribution >= 0.6 is 23.5 Å². The number of nitrogens with one attached hydrogen (secondary N) is 2. The van der Waals surface area contributed by atoms with Crippen molar-refractivity contribution in [1.82, 2.24) is 5.32 Å². The van der Waals surface area contributed by atoms with Crippen molar-refractivity contribution in [2.75, 3.05) is 4.72 Å². The molecule has 132 valence electrons. The minimum absolute atomic E-state index is 0.00585. The molecule has 0 saturated heterocycles. The Morgan fingerprint density at radius 1 is 1.29 bits per heavy atom. The Morgan fingerprint density at radius 2 is 1.92 bits per heavy atom. The van der Waals surface area contributed by atoms with Gasteiger partial charge in [0.05, 0.1) is 21.7 Å². The molecular formula is C16H18ClF3N2OS. The lowest BCUT2D eigenvalue weighted by atomic mass is 9.49. The fraction of sp³-hybridized carbons (Fsp3) is 0.562. The van der Waals surface area contributed by atoms with Crippen LogP contribution in [0.1, 0.15) is 49.0 Å². The number of alkyl halides is 4. The van der Waals surface area contributed by atoms with Crippen LogP contribution < -0.4 is 10.0 Å². The molecule has 3 aliphatic rings. The molecule has 0 radical (unpaired) electrons. The predicted molar refractivity (Wildman–Crippen MR) is 90.4 cm³/mol. The number of carbonyl (C=O) groups is 1. The highest BCUT2D eigenvalue weighted by Gasteiger charge is 2.68. The standard InChI is InChI=1S/C16H18ClF3N2OS/c1-9(2)24-22-12-4-3-10(16(18,19)20)5-11(12)13(23)21-15-6-14(17,7-15)8-15/h3-5,9,22H,6-8H2,1-2H3,(H,21,23). The number of carbonyl (C=O) groups excluding carboxylic acids is 1. The highest BCUT2D eigenvalue weighted by Crippen LogP contribution is 2.64. The van der Waals surface area contributed by atoms with E-state index < -0.39 is 17.6 Å². The quantitative estimate of drug-likeness (QED) is 0.570. The monoisotopic (exact) mass is 378 g/mol. The molecule has 1 aromatic carbocycles. The van der Waals surface area contributed by atoms with Crippen LogP contribution in [-0.2, 0) is 6.18 Å². The number of hydrogen-bond acceptors (Lipinski definition) is 3. The molecule has 0 heterocycles. The summed E-state index contributed by atoms with van der Waals surface area (Å²) in [5, 5.41) is 3.09. The van der Waals surface area contributed by atoms with Crippen molar-refractivity contribution in [1.29, 1.82) is 0 Å². The van der Waals surface area contributed by atoms with Gasteiger partial charge in [-0.1, -0.05) is 13.8 Å². The molecule has 3 nitrogen and oxygen atoms in total. The number of halogens is 4. The van der Waals surface area contributed by atoms with Gasteiger partial charge >= 0.3 is 6.18 Å². The lowest BCUT2D eigenvalue weighted by Crippen LogP contribution is -2.76. The van der Waals surface area contributed by atoms with Crippen molar-refractivity contribution in [3.8, 4) is 0 Å². The van der Waals surface area contributed by atoms with Crippen molar-refractivity contribution in [2.24, 2.45) is 0 Å². The molecule has 0 aliphatic heterocycles. The van der Waals surface area contributed by atoms with Gasteiger partial charge in [0.25, 0.3) is 5.91 Å². The number of benzene rings is 1. The summed E-state index contributed by atoms with van der Waals surface area (Å²) < 4.78 is 41.9. The van der Waals surface area contributed by atoms with Gasteiger partial charge in [-0.2, -0.15) is 13.2 Å². The number of anilines is 1. The van der Waals surface area contributed by atoms with Gasteiger partial charge in [0.1, 0.15) is 0 Å². The Morgan fingerprint density at radius 3 is 2.42 bits per heavy atom. The van der Waals surface area contributed by atoms with Crippen LogP contribution in [0.3, 0.4) is 0 Å². The highest BCUT2D eigenvalue weighted by molar-refractivity contribution is 8.01. The van der Waals surface area contributed by atoms with E-state index in [0.717, 1.165) is 12.1 Å². The second-order valence-electron chi connectivity index (χ2n) is 6.94. The van der Waals surface area contributed by atoms with Crippen molar-refractivity contribution < 1.29 is 18.0 Å². The molecule has 2 N–H and O–H groups in total. The minimum Gasteiger partial charge on any atom is -0.346 e. The third-order valence-corrected chi connectivity index (χ3v) is 5.55. The van der Waals surface area contributed by atoms with Crippen LogP contribution in [0.25, 0.3) is 0 Å². The largest absolute Gasteiger partial charge is 0.416 e. The van der Waals surface area contributed by atoms with Gasteiger partial charge < -0.3 is 10.0 Å². The Bertz CT molecular complexity index is 658. The Labute approximate surface area is 147 Å². The highest BCUT2D eigenvalue weighted by atomic mass is 35.5. The molecule has 4 rings (SSSR count). The Kier molecular flexibility index (Phi) is 4.23. The summed E-state index contributed by atoms with van der Waals surface area (Å²) in [5.74, 6) is -0.494. The maximum absolute atomic E-state index is 13.0. The van der Waals surface area contributed by atoms with Crippen molar-refractivity contribution >= 4 is 35.1 Å². The van der Waals surface area contributed by atoms with Gasteiger partial charge in [0.15, 0.2) is 0 Å². The molecule has 8 heteroatoms. The van der Waals surface area contributed by atoms with Crippen LogP contribution in [0.5, 0.6) is 0 Å². The molecular weight excluding hydrogens is 361 g/mol. The van der Waals surface area contributed by atoms with Gasteiger partial charge in [-0.15, -0.1) is 11.6 Å². The first-order chi connectivity index (χ1) is 11.0. The zero-order valence-electron chi connectivity index (χ0n) is 13.3. The topological polar surface area (TPSA) is 41.1 Å². The molecule has 1 amide bonds. The SMILES string of the molecule is CC(C)SNc1ccc(C(F)(F)F)cc1C(=O)NC12CC(Cl)(C1)C2. The summed E-state index contributed by atoms with van der Waals surface area (Å²) >= 11 is 7.52. The van der Waals surface area contributed by atoms with Gasteiger partial charge in [-0.25, -0.2) is 0 Å². The molecule has 1 aromatic rings. The van der Waals surface area contributed by atoms with Crippen molar-refractivity contribution in [3.05, 3.63) is 29.3 Å². The lowest BCUT2D eigenvalue weighted by molar-refractivity contribution is -0.137. The first-order valence-corrected chi connectivity index (χ1v) is 8.92. The summed E-state index contributed by atoms with van der Waals surface area (Å²) in [5.41, 5.74) is -0.785. The summed E-state index contributed by atoms with van der Waals surface area (Å²) in [7, 11) is 0. The van der Waals surface area contributed by atoms with E-state index >= 15 is 0 Å². The zero-order chi connectivity index (χ0) is 17.8. The molecule has 2 bridgehead atoms.